The third kappa shape index (κ3) is 5.97. The van der Waals surface area contributed by atoms with Crippen molar-refractivity contribution < 1.29 is 4.79 Å². The lowest BCUT2D eigenvalue weighted by atomic mass is 10.0. The number of terminal acetylenes is 1. The smallest absolute Gasteiger partial charge is 0.220 e. The summed E-state index contributed by atoms with van der Waals surface area (Å²) >= 11 is 1.67. The van der Waals surface area contributed by atoms with E-state index in [1.165, 1.54) is 0 Å². The molecule has 2 aromatic rings. The van der Waals surface area contributed by atoms with Gasteiger partial charge in [-0.3, -0.25) is 9.78 Å². The minimum atomic E-state index is -0.374. The second-order valence-corrected chi connectivity index (χ2v) is 7.50. The third-order valence-electron chi connectivity index (χ3n) is 4.45. The first kappa shape index (κ1) is 19.2. The number of carbonyl (C=O) groups excluding carboxylic acids is 1. The Hall–Kier alpha value is -2.59. The number of rotatable bonds is 11. The van der Waals surface area contributed by atoms with Crippen LogP contribution in [0.15, 0.2) is 40.1 Å². The highest BCUT2D eigenvalue weighted by molar-refractivity contribution is 7.09. The predicted octanol–water partition coefficient (Wildman–Crippen LogP) is 4.00. The van der Waals surface area contributed by atoms with Gasteiger partial charge in [-0.05, 0) is 31.4 Å². The van der Waals surface area contributed by atoms with Gasteiger partial charge in [-0.15, -0.1) is 23.7 Å². The van der Waals surface area contributed by atoms with Crippen molar-refractivity contribution in [2.24, 2.45) is 10.2 Å². The maximum Gasteiger partial charge on any atom is 0.220 e. The number of hydrogen-bond donors (Lipinski definition) is 1. The Morgan fingerprint density at radius 3 is 2.93 bits per heavy atom. The molecule has 27 heavy (non-hydrogen) atoms. The summed E-state index contributed by atoms with van der Waals surface area (Å²) in [4.78, 5) is 20.7. The molecule has 0 spiro atoms. The summed E-state index contributed by atoms with van der Waals surface area (Å²) in [5.74, 6) is 2.65. The number of nitrogens with zero attached hydrogens (tertiary/aromatic N) is 4. The molecule has 140 valence electrons. The number of unbranched alkanes of at least 4 members (excludes halogenated alkanes) is 1. The molecule has 0 bridgehead atoms. The van der Waals surface area contributed by atoms with Gasteiger partial charge < -0.3 is 5.32 Å². The molecule has 0 saturated carbocycles. The Kier molecular flexibility index (Phi) is 6.66. The molecule has 1 amide bonds. The van der Waals surface area contributed by atoms with Gasteiger partial charge in [0.05, 0.1) is 10.7 Å². The van der Waals surface area contributed by atoms with Crippen LogP contribution in [0.2, 0.25) is 0 Å². The average Bonchev–Trinajstić information content (AvgIpc) is 3.32. The molecule has 0 saturated heterocycles. The molecule has 0 aliphatic carbocycles. The molecule has 7 heteroatoms. The SMILES string of the molecule is C#CCCC1(CCC(=O)NCCCCc2nc(-c3cccnc3)cs2)N=N1. The molecule has 0 fully saturated rings. The molecule has 1 aliphatic heterocycles. The Morgan fingerprint density at radius 1 is 1.30 bits per heavy atom. The number of nitrogens with one attached hydrogen (secondary N) is 1. The molecule has 6 nitrogen and oxygen atoms in total. The summed E-state index contributed by atoms with van der Waals surface area (Å²) in [7, 11) is 0. The van der Waals surface area contributed by atoms with Crippen LogP contribution >= 0.6 is 11.3 Å². The summed E-state index contributed by atoms with van der Waals surface area (Å²) in [5.41, 5.74) is 1.65. The Balaban J connectivity index is 1.28. The summed E-state index contributed by atoms with van der Waals surface area (Å²) in [6, 6.07) is 3.93. The second kappa shape index (κ2) is 9.38. The van der Waals surface area contributed by atoms with E-state index in [1.807, 2.05) is 18.3 Å². The van der Waals surface area contributed by atoms with Crippen LogP contribution in [-0.4, -0.2) is 28.1 Å². The van der Waals surface area contributed by atoms with Crippen LogP contribution in [0, 0.1) is 12.3 Å². The molecule has 0 unspecified atom stereocenters. The van der Waals surface area contributed by atoms with Crippen molar-refractivity contribution in [2.75, 3.05) is 6.54 Å². The number of thiazole rings is 1. The minimum Gasteiger partial charge on any atom is -0.356 e. The van der Waals surface area contributed by atoms with Gasteiger partial charge in [-0.25, -0.2) is 4.98 Å². The van der Waals surface area contributed by atoms with E-state index in [9.17, 15) is 4.79 Å². The molecular formula is C20H23N5OS. The van der Waals surface area contributed by atoms with Gasteiger partial charge in [0, 0.05) is 55.6 Å². The highest BCUT2D eigenvalue weighted by atomic mass is 32.1. The zero-order valence-electron chi connectivity index (χ0n) is 15.2. The average molecular weight is 382 g/mol. The Morgan fingerprint density at radius 2 is 2.19 bits per heavy atom. The molecule has 2 aromatic heterocycles. The minimum absolute atomic E-state index is 0.0560. The topological polar surface area (TPSA) is 79.6 Å². The first-order valence-electron chi connectivity index (χ1n) is 9.20. The van der Waals surface area contributed by atoms with Crippen LogP contribution < -0.4 is 5.32 Å². The first-order chi connectivity index (χ1) is 13.2. The van der Waals surface area contributed by atoms with Crippen LogP contribution in [0.3, 0.4) is 0 Å². The second-order valence-electron chi connectivity index (χ2n) is 6.56. The van der Waals surface area contributed by atoms with Gasteiger partial charge in [-0.1, -0.05) is 0 Å². The van der Waals surface area contributed by atoms with Crippen LogP contribution in [-0.2, 0) is 11.2 Å². The number of amides is 1. The molecular weight excluding hydrogens is 358 g/mol. The molecule has 0 radical (unpaired) electrons. The quantitative estimate of drug-likeness (QED) is 0.472. The molecule has 1 N–H and O–H groups in total. The highest BCUT2D eigenvalue weighted by Gasteiger charge is 2.39. The van der Waals surface area contributed by atoms with E-state index in [0.29, 0.717) is 25.8 Å². The van der Waals surface area contributed by atoms with Crippen molar-refractivity contribution in [3.05, 3.63) is 34.9 Å². The largest absolute Gasteiger partial charge is 0.356 e. The summed E-state index contributed by atoms with van der Waals surface area (Å²) in [6.07, 6.45) is 14.2. The van der Waals surface area contributed by atoms with Gasteiger partial charge >= 0.3 is 0 Å². The summed E-state index contributed by atoms with van der Waals surface area (Å²) in [6.45, 7) is 0.686. The lowest BCUT2D eigenvalue weighted by molar-refractivity contribution is -0.121. The normalized spacial score (nSPS) is 13.9. The highest BCUT2D eigenvalue weighted by Crippen LogP contribution is 2.37. The van der Waals surface area contributed by atoms with Crippen molar-refractivity contribution in [1.29, 1.82) is 0 Å². The Bertz CT molecular complexity index is 818. The maximum atomic E-state index is 11.9. The number of pyridine rings is 1. The van der Waals surface area contributed by atoms with E-state index in [4.69, 9.17) is 6.42 Å². The fourth-order valence-corrected chi connectivity index (χ4v) is 3.62. The number of aryl methyl sites for hydroxylation is 1. The van der Waals surface area contributed by atoms with Crippen molar-refractivity contribution in [1.82, 2.24) is 15.3 Å². The van der Waals surface area contributed by atoms with E-state index in [2.05, 4.69) is 36.8 Å². The maximum absolute atomic E-state index is 11.9. The fraction of sp³-hybridized carbons (Fsp3) is 0.450. The third-order valence-corrected chi connectivity index (χ3v) is 5.36. The fourth-order valence-electron chi connectivity index (χ4n) is 2.77. The van der Waals surface area contributed by atoms with Crippen molar-refractivity contribution in [2.45, 2.75) is 50.6 Å². The van der Waals surface area contributed by atoms with E-state index in [0.717, 1.165) is 41.9 Å². The van der Waals surface area contributed by atoms with Gasteiger partial charge in [0.1, 0.15) is 0 Å². The van der Waals surface area contributed by atoms with Crippen molar-refractivity contribution in [3.63, 3.8) is 0 Å². The number of aromatic nitrogens is 2. The van der Waals surface area contributed by atoms with Crippen LogP contribution in [0.5, 0.6) is 0 Å². The van der Waals surface area contributed by atoms with E-state index in [1.54, 1.807) is 17.5 Å². The van der Waals surface area contributed by atoms with E-state index < -0.39 is 0 Å². The summed E-state index contributed by atoms with van der Waals surface area (Å²) < 4.78 is 0. The molecule has 0 atom stereocenters. The standard InChI is InChI=1S/C20H23N5OS/c1-2-3-10-20(24-25-20)11-9-18(26)22-13-5-4-8-19-23-17(15-27-19)16-7-6-12-21-14-16/h1,6-7,12,14-15H,3-5,8-11,13H2,(H,22,26). The van der Waals surface area contributed by atoms with Gasteiger partial charge in [-0.2, -0.15) is 10.2 Å². The van der Waals surface area contributed by atoms with Gasteiger partial charge in [0.2, 0.25) is 5.91 Å². The van der Waals surface area contributed by atoms with Gasteiger partial charge in [0.15, 0.2) is 5.66 Å². The zero-order chi connectivity index (χ0) is 19.0. The number of carbonyl (C=O) groups is 1. The van der Waals surface area contributed by atoms with Gasteiger partial charge in [0.25, 0.3) is 0 Å². The monoisotopic (exact) mass is 381 g/mol. The molecule has 1 aliphatic rings. The van der Waals surface area contributed by atoms with Crippen LogP contribution in [0.4, 0.5) is 0 Å². The molecule has 3 rings (SSSR count). The first-order valence-corrected chi connectivity index (χ1v) is 10.1. The van der Waals surface area contributed by atoms with E-state index >= 15 is 0 Å². The zero-order valence-corrected chi connectivity index (χ0v) is 16.0. The van der Waals surface area contributed by atoms with Crippen molar-refractivity contribution >= 4 is 17.2 Å². The Labute approximate surface area is 163 Å². The van der Waals surface area contributed by atoms with E-state index in [-0.39, 0.29) is 11.6 Å². The molecule has 3 heterocycles. The lowest BCUT2D eigenvalue weighted by Crippen LogP contribution is -2.26. The predicted molar refractivity (Wildman–Crippen MR) is 106 cm³/mol. The number of hydrogen-bond acceptors (Lipinski definition) is 6. The molecule has 0 aromatic carbocycles. The van der Waals surface area contributed by atoms with Crippen LogP contribution in [0.1, 0.15) is 43.5 Å². The summed E-state index contributed by atoms with van der Waals surface area (Å²) in [5, 5.41) is 14.3. The lowest BCUT2D eigenvalue weighted by Gasteiger charge is -2.09. The van der Waals surface area contributed by atoms with Crippen LogP contribution in [0.25, 0.3) is 11.3 Å². The van der Waals surface area contributed by atoms with Crippen molar-refractivity contribution in [3.8, 4) is 23.6 Å².